The summed E-state index contributed by atoms with van der Waals surface area (Å²) in [5, 5.41) is 4.54. The molecule has 2 rings (SSSR count). The summed E-state index contributed by atoms with van der Waals surface area (Å²) in [6, 6.07) is -0.00885. The second-order valence-electron chi connectivity index (χ2n) is 4.75. The maximum atomic E-state index is 13.2. The number of anilines is 1. The van der Waals surface area contributed by atoms with Crippen LogP contribution in [0.15, 0.2) is 17.3 Å². The number of carbonyl (C=O) groups is 3. The van der Waals surface area contributed by atoms with E-state index in [1.165, 1.54) is 0 Å². The molecule has 12 heteroatoms. The van der Waals surface area contributed by atoms with Gasteiger partial charge < -0.3 is 10.2 Å². The van der Waals surface area contributed by atoms with Crippen LogP contribution in [0.1, 0.15) is 23.6 Å². The number of fused-ring (bicyclic) bond motifs is 1. The number of alkyl halides is 6. The zero-order chi connectivity index (χ0) is 19.2. The minimum atomic E-state index is -5.31. The van der Waals surface area contributed by atoms with Crippen LogP contribution in [0.3, 0.4) is 0 Å². The summed E-state index contributed by atoms with van der Waals surface area (Å²) in [7, 11) is 0. The molecule has 0 unspecified atom stereocenters. The van der Waals surface area contributed by atoms with Gasteiger partial charge in [0, 0.05) is 12.5 Å². The quantitative estimate of drug-likeness (QED) is 0.357. The molecule has 0 atom stereocenters. The smallest absolute Gasteiger partial charge is 0.318 e. The van der Waals surface area contributed by atoms with Gasteiger partial charge in [0.1, 0.15) is 0 Å². The fourth-order valence-corrected chi connectivity index (χ4v) is 1.98. The normalized spacial score (nSPS) is 16.5. The van der Waals surface area contributed by atoms with Crippen molar-refractivity contribution in [1.29, 1.82) is 0 Å². The topological polar surface area (TPSA) is 84.8 Å². The first kappa shape index (κ1) is 18.4. The van der Waals surface area contributed by atoms with E-state index in [0.717, 1.165) is 6.92 Å². The highest BCUT2D eigenvalue weighted by Gasteiger charge is 2.44. The van der Waals surface area contributed by atoms with Crippen LogP contribution in [0.25, 0.3) is 0 Å². The summed E-state index contributed by atoms with van der Waals surface area (Å²) in [5.74, 6) is -4.24. The first-order valence-electron chi connectivity index (χ1n) is 6.26. The van der Waals surface area contributed by atoms with Crippen LogP contribution < -0.4 is 5.32 Å². The van der Waals surface area contributed by atoms with Crippen molar-refractivity contribution >= 4 is 29.1 Å². The molecule has 1 N–H and O–H groups in total. The molecule has 0 fully saturated rings. The van der Waals surface area contributed by atoms with E-state index in [2.05, 4.69) is 9.99 Å². The molecule has 1 amide bonds. The van der Waals surface area contributed by atoms with Crippen molar-refractivity contribution in [3.8, 4) is 0 Å². The van der Waals surface area contributed by atoms with Gasteiger partial charge >= 0.3 is 18.3 Å². The molecule has 1 aliphatic rings. The van der Waals surface area contributed by atoms with E-state index in [1.807, 2.05) is 0 Å². The highest BCUT2D eigenvalue weighted by Crippen LogP contribution is 2.42. The summed E-state index contributed by atoms with van der Waals surface area (Å²) < 4.78 is 78.0. The fraction of sp³-hybridized carbons (Fsp3) is 0.231. The Hall–Kier alpha value is -2.92. The lowest BCUT2D eigenvalue weighted by Gasteiger charge is -2.23. The molecular weight excluding hydrogens is 362 g/mol. The number of amides is 1. The minimum Gasteiger partial charge on any atom is -0.318 e. The first-order valence-corrected chi connectivity index (χ1v) is 6.26. The average molecular weight is 368 g/mol. The maximum absolute atomic E-state index is 13.2. The molecule has 0 bridgehead atoms. The van der Waals surface area contributed by atoms with E-state index in [4.69, 9.17) is 0 Å². The van der Waals surface area contributed by atoms with Gasteiger partial charge in [0.15, 0.2) is 5.71 Å². The Balaban J connectivity index is 2.83. The Kier molecular flexibility index (Phi) is 4.32. The number of rotatable bonds is 1. The lowest BCUT2D eigenvalue weighted by Crippen LogP contribution is -2.38. The molecule has 134 valence electrons. The SMILES string of the molecule is CC(=O)ON=C1C(=O)C(=O)Nc2cc(C(F)(F)F)cc(C(F)(F)F)c21. The predicted octanol–water partition coefficient (Wildman–Crippen LogP) is 2.51. The molecule has 1 aromatic carbocycles. The highest BCUT2D eigenvalue weighted by atomic mass is 19.4. The van der Waals surface area contributed by atoms with E-state index in [1.54, 1.807) is 5.32 Å². The number of hydrogen-bond acceptors (Lipinski definition) is 5. The number of Topliss-reactive ketones (excluding diaryl/α,β-unsaturated/α-hetero) is 1. The average Bonchev–Trinajstić information content (AvgIpc) is 2.44. The van der Waals surface area contributed by atoms with Crippen molar-refractivity contribution in [2.24, 2.45) is 5.16 Å². The van der Waals surface area contributed by atoms with Crippen molar-refractivity contribution in [2.45, 2.75) is 19.3 Å². The molecule has 0 spiro atoms. The summed E-state index contributed by atoms with van der Waals surface area (Å²) >= 11 is 0. The number of nitrogens with zero attached hydrogens (tertiary/aromatic N) is 1. The summed E-state index contributed by atoms with van der Waals surface area (Å²) in [5.41, 5.74) is -6.84. The lowest BCUT2D eigenvalue weighted by atomic mass is 9.92. The predicted molar refractivity (Wildman–Crippen MR) is 68.4 cm³/mol. The van der Waals surface area contributed by atoms with E-state index in [9.17, 15) is 40.7 Å². The fourth-order valence-electron chi connectivity index (χ4n) is 1.98. The van der Waals surface area contributed by atoms with Gasteiger partial charge in [0.05, 0.1) is 16.8 Å². The Morgan fingerprint density at radius 1 is 1.08 bits per heavy atom. The monoisotopic (exact) mass is 368 g/mol. The molecule has 0 aromatic heterocycles. The van der Waals surface area contributed by atoms with Crippen LogP contribution >= 0.6 is 0 Å². The third-order valence-corrected chi connectivity index (χ3v) is 2.94. The van der Waals surface area contributed by atoms with Crippen LogP contribution in [0, 0.1) is 0 Å². The van der Waals surface area contributed by atoms with Gasteiger partial charge in [-0.05, 0) is 12.1 Å². The first-order chi connectivity index (χ1) is 11.3. The van der Waals surface area contributed by atoms with Gasteiger partial charge in [-0.25, -0.2) is 4.79 Å². The van der Waals surface area contributed by atoms with E-state index >= 15 is 0 Å². The number of benzene rings is 1. The summed E-state index contributed by atoms with van der Waals surface area (Å²) in [6.45, 7) is 0.815. The molecular formula is C13H6F6N2O4. The third kappa shape index (κ3) is 3.61. The maximum Gasteiger partial charge on any atom is 0.417 e. The number of hydrogen-bond donors (Lipinski definition) is 1. The second-order valence-corrected chi connectivity index (χ2v) is 4.75. The van der Waals surface area contributed by atoms with Gasteiger partial charge in [0.25, 0.3) is 11.7 Å². The van der Waals surface area contributed by atoms with Gasteiger partial charge in [-0.2, -0.15) is 26.3 Å². The van der Waals surface area contributed by atoms with Crippen LogP contribution in [-0.4, -0.2) is 23.4 Å². The van der Waals surface area contributed by atoms with Crippen molar-refractivity contribution in [3.05, 3.63) is 28.8 Å². The van der Waals surface area contributed by atoms with Crippen molar-refractivity contribution in [3.63, 3.8) is 0 Å². The van der Waals surface area contributed by atoms with E-state index in [0.29, 0.717) is 0 Å². The van der Waals surface area contributed by atoms with Crippen LogP contribution in [0.2, 0.25) is 0 Å². The van der Waals surface area contributed by atoms with Gasteiger partial charge in [0.2, 0.25) is 0 Å². The van der Waals surface area contributed by atoms with Crippen LogP contribution in [-0.2, 0) is 31.6 Å². The van der Waals surface area contributed by atoms with E-state index in [-0.39, 0.29) is 12.1 Å². The van der Waals surface area contributed by atoms with E-state index < -0.39 is 58.1 Å². The lowest BCUT2D eigenvalue weighted by molar-refractivity contribution is -0.143. The van der Waals surface area contributed by atoms with Crippen LogP contribution in [0.5, 0.6) is 0 Å². The molecule has 0 aliphatic carbocycles. The Morgan fingerprint density at radius 3 is 2.16 bits per heavy atom. The van der Waals surface area contributed by atoms with Crippen LogP contribution in [0.4, 0.5) is 32.0 Å². The Morgan fingerprint density at radius 2 is 1.68 bits per heavy atom. The zero-order valence-electron chi connectivity index (χ0n) is 12.0. The van der Waals surface area contributed by atoms with Gasteiger partial charge in [-0.3, -0.25) is 9.59 Å². The number of nitrogens with one attached hydrogen (secondary N) is 1. The molecule has 1 heterocycles. The molecule has 0 saturated heterocycles. The standard InChI is InChI=1S/C13H6F6N2O4/c1-4(22)25-21-9-8-6(13(17,18)19)2-5(12(14,15)16)3-7(8)20-11(24)10(9)23/h2-3H,1H3,(H,20,24). The summed E-state index contributed by atoms with van der Waals surface area (Å²) in [4.78, 5) is 38.0. The second kappa shape index (κ2) is 5.86. The largest absolute Gasteiger partial charge is 0.417 e. The zero-order valence-corrected chi connectivity index (χ0v) is 12.0. The molecule has 25 heavy (non-hydrogen) atoms. The highest BCUT2D eigenvalue weighted by molar-refractivity contribution is 6.72. The van der Waals surface area contributed by atoms with Crippen molar-refractivity contribution in [2.75, 3.05) is 5.32 Å². The third-order valence-electron chi connectivity index (χ3n) is 2.94. The number of oxime groups is 1. The number of carbonyl (C=O) groups excluding carboxylic acids is 3. The van der Waals surface area contributed by atoms with Crippen molar-refractivity contribution in [1.82, 2.24) is 0 Å². The van der Waals surface area contributed by atoms with Crippen molar-refractivity contribution < 1.29 is 45.6 Å². The molecule has 0 saturated carbocycles. The molecule has 0 radical (unpaired) electrons. The minimum absolute atomic E-state index is 0.220. The molecule has 6 nitrogen and oxygen atoms in total. The Labute approximate surface area is 134 Å². The van der Waals surface area contributed by atoms with Gasteiger partial charge in [-0.1, -0.05) is 5.16 Å². The summed E-state index contributed by atoms with van der Waals surface area (Å²) in [6.07, 6.45) is -10.5. The number of ketones is 1. The van der Waals surface area contributed by atoms with Gasteiger partial charge in [-0.15, -0.1) is 0 Å². The number of halogens is 6. The Bertz CT molecular complexity index is 810. The molecule has 1 aromatic rings. The molecule has 1 aliphatic heterocycles.